The van der Waals surface area contributed by atoms with Crippen LogP contribution in [0, 0.1) is 0 Å². The third-order valence-corrected chi connectivity index (χ3v) is 11.8. The van der Waals surface area contributed by atoms with Crippen LogP contribution in [-0.2, 0) is 17.3 Å². The van der Waals surface area contributed by atoms with Gasteiger partial charge in [0.2, 0.25) is 0 Å². The highest BCUT2D eigenvalue weighted by atomic mass is 15.2. The van der Waals surface area contributed by atoms with Gasteiger partial charge < -0.3 is 9.47 Å². The molecule has 4 aliphatic carbocycles. The minimum absolute atomic E-state index is 0.0165. The predicted octanol–water partition coefficient (Wildman–Crippen LogP) is 10.7. The molecule has 9 rings (SSSR count). The normalized spacial score (nSPS) is 24.6. The van der Waals surface area contributed by atoms with E-state index in [2.05, 4.69) is 138 Å². The number of hydrogen-bond acceptors (Lipinski definition) is 1. The van der Waals surface area contributed by atoms with Crippen LogP contribution in [0.1, 0.15) is 80.7 Å². The van der Waals surface area contributed by atoms with Gasteiger partial charge in [0.25, 0.3) is 0 Å². The Morgan fingerprint density at radius 1 is 0.778 bits per heavy atom. The molecule has 2 atom stereocenters. The van der Waals surface area contributed by atoms with Gasteiger partial charge in [0.15, 0.2) is 0 Å². The fourth-order valence-electron chi connectivity index (χ4n) is 9.52. The van der Waals surface area contributed by atoms with Gasteiger partial charge in [-0.15, -0.1) is 0 Å². The summed E-state index contributed by atoms with van der Waals surface area (Å²) in [6, 6.07) is 28.1. The van der Waals surface area contributed by atoms with Crippen molar-refractivity contribution < 1.29 is 0 Å². The van der Waals surface area contributed by atoms with Crippen LogP contribution in [0.5, 0.6) is 0 Å². The Kier molecular flexibility index (Phi) is 6.24. The van der Waals surface area contributed by atoms with E-state index in [1.807, 2.05) is 0 Å². The van der Waals surface area contributed by atoms with Gasteiger partial charge in [-0.3, -0.25) is 0 Å². The summed E-state index contributed by atoms with van der Waals surface area (Å²) in [7, 11) is 0. The highest BCUT2D eigenvalue weighted by molar-refractivity contribution is 5.90. The first-order valence-corrected chi connectivity index (χ1v) is 17.2. The molecule has 3 aromatic carbocycles. The lowest BCUT2D eigenvalue weighted by atomic mass is 9.63. The van der Waals surface area contributed by atoms with Crippen molar-refractivity contribution in [3.05, 3.63) is 149 Å². The monoisotopic (exact) mass is 586 g/mol. The summed E-state index contributed by atoms with van der Waals surface area (Å²) in [4.78, 5) is 2.64. The van der Waals surface area contributed by atoms with Gasteiger partial charge in [-0.1, -0.05) is 110 Å². The zero-order chi connectivity index (χ0) is 30.0. The number of benzene rings is 3. The number of hydrogen-bond donors (Lipinski definition) is 0. The Hall–Kier alpha value is -4.30. The molecule has 1 aromatic heterocycles. The fourth-order valence-corrected chi connectivity index (χ4v) is 9.52. The second-order valence-corrected chi connectivity index (χ2v) is 14.1. The number of aromatic nitrogens is 1. The van der Waals surface area contributed by atoms with E-state index in [-0.39, 0.29) is 10.8 Å². The first-order chi connectivity index (χ1) is 22.2. The molecule has 2 heterocycles. The molecule has 0 amide bonds. The first kappa shape index (κ1) is 27.0. The Morgan fingerprint density at radius 2 is 1.60 bits per heavy atom. The molecule has 1 saturated carbocycles. The van der Waals surface area contributed by atoms with Gasteiger partial charge in [-0.2, -0.15) is 0 Å². The topological polar surface area (TPSA) is 8.17 Å². The third kappa shape index (κ3) is 4.00. The summed E-state index contributed by atoms with van der Waals surface area (Å²) in [5.41, 5.74) is 13.0. The van der Waals surface area contributed by atoms with E-state index < -0.39 is 0 Å². The van der Waals surface area contributed by atoms with Crippen LogP contribution in [0.4, 0.5) is 5.69 Å². The number of nitrogens with zero attached hydrogens (tertiary/aromatic N) is 2. The van der Waals surface area contributed by atoms with E-state index in [0.29, 0.717) is 6.04 Å². The SMILES string of the molecule is CC12C=CC=CC1N(C1=CC=C(C3(c4ccc(-n5c6c(c7ccccc75)CCC=C6)cc4)CCCCC3)CC1)c1ccccc12. The number of aryl methyl sites for hydroxylation is 1. The molecule has 0 radical (unpaired) electrons. The smallest absolute Gasteiger partial charge is 0.0651 e. The fraction of sp³-hybridized carbons (Fsp3) is 0.302. The molecule has 2 unspecified atom stereocenters. The maximum absolute atomic E-state index is 2.64. The Balaban J connectivity index is 1.09. The molecule has 224 valence electrons. The minimum atomic E-state index is 0.0165. The number of para-hydroxylation sites is 2. The lowest BCUT2D eigenvalue weighted by Crippen LogP contribution is -2.41. The Morgan fingerprint density at radius 3 is 2.44 bits per heavy atom. The van der Waals surface area contributed by atoms with E-state index in [1.54, 1.807) is 5.57 Å². The first-order valence-electron chi connectivity index (χ1n) is 17.2. The molecular weight excluding hydrogens is 544 g/mol. The Labute approximate surface area is 267 Å². The molecule has 5 aliphatic rings. The van der Waals surface area contributed by atoms with Gasteiger partial charge in [0, 0.05) is 39.0 Å². The average Bonchev–Trinajstić information content (AvgIpc) is 3.58. The molecule has 0 spiro atoms. The third-order valence-electron chi connectivity index (χ3n) is 11.8. The largest absolute Gasteiger partial charge is 0.337 e. The lowest BCUT2D eigenvalue weighted by molar-refractivity contribution is 0.331. The van der Waals surface area contributed by atoms with E-state index in [0.717, 1.165) is 25.7 Å². The van der Waals surface area contributed by atoms with Crippen molar-refractivity contribution in [2.75, 3.05) is 4.90 Å². The van der Waals surface area contributed by atoms with E-state index in [1.165, 1.54) is 82.5 Å². The van der Waals surface area contributed by atoms with Gasteiger partial charge in [0.05, 0.1) is 11.6 Å². The van der Waals surface area contributed by atoms with E-state index in [4.69, 9.17) is 0 Å². The molecule has 2 heteroatoms. The highest BCUT2D eigenvalue weighted by Crippen LogP contribution is 2.52. The van der Waals surface area contributed by atoms with Gasteiger partial charge in [0.1, 0.15) is 0 Å². The quantitative estimate of drug-likeness (QED) is 0.231. The molecule has 0 saturated heterocycles. The number of anilines is 1. The van der Waals surface area contributed by atoms with E-state index in [9.17, 15) is 0 Å². The second-order valence-electron chi connectivity index (χ2n) is 14.1. The van der Waals surface area contributed by atoms with Crippen LogP contribution in [-0.4, -0.2) is 10.6 Å². The van der Waals surface area contributed by atoms with Crippen LogP contribution >= 0.6 is 0 Å². The van der Waals surface area contributed by atoms with Crippen molar-refractivity contribution in [2.24, 2.45) is 0 Å². The van der Waals surface area contributed by atoms with Gasteiger partial charge >= 0.3 is 0 Å². The van der Waals surface area contributed by atoms with Crippen molar-refractivity contribution in [1.29, 1.82) is 0 Å². The van der Waals surface area contributed by atoms with Crippen LogP contribution in [0.25, 0.3) is 22.7 Å². The average molecular weight is 587 g/mol. The zero-order valence-corrected chi connectivity index (χ0v) is 26.4. The molecule has 4 aromatic rings. The molecular formula is C43H42N2. The van der Waals surface area contributed by atoms with Crippen LogP contribution in [0.2, 0.25) is 0 Å². The molecule has 0 N–H and O–H groups in total. The number of allylic oxidation sites excluding steroid dienone is 7. The van der Waals surface area contributed by atoms with Crippen molar-refractivity contribution >= 4 is 22.7 Å². The highest BCUT2D eigenvalue weighted by Gasteiger charge is 2.47. The second kappa shape index (κ2) is 10.4. The number of rotatable bonds is 4. The van der Waals surface area contributed by atoms with Gasteiger partial charge in [-0.05, 0) is 98.6 Å². The van der Waals surface area contributed by atoms with Crippen molar-refractivity contribution in [3.8, 4) is 5.69 Å². The summed E-state index contributed by atoms with van der Waals surface area (Å²) >= 11 is 0. The van der Waals surface area contributed by atoms with Crippen molar-refractivity contribution in [1.82, 2.24) is 4.57 Å². The molecule has 45 heavy (non-hydrogen) atoms. The van der Waals surface area contributed by atoms with Crippen LogP contribution < -0.4 is 4.90 Å². The lowest BCUT2D eigenvalue weighted by Gasteiger charge is -2.42. The summed E-state index contributed by atoms with van der Waals surface area (Å²) in [6.45, 7) is 2.41. The van der Waals surface area contributed by atoms with Gasteiger partial charge in [-0.25, -0.2) is 0 Å². The number of fused-ring (bicyclic) bond motifs is 6. The summed E-state index contributed by atoms with van der Waals surface area (Å²) < 4.78 is 2.49. The molecule has 1 aliphatic heterocycles. The van der Waals surface area contributed by atoms with Crippen LogP contribution in [0.3, 0.4) is 0 Å². The summed E-state index contributed by atoms with van der Waals surface area (Å²) in [6.07, 6.45) is 29.9. The molecule has 1 fully saturated rings. The van der Waals surface area contributed by atoms with Crippen molar-refractivity contribution in [2.45, 2.75) is 81.6 Å². The standard InChI is InChI=1S/C43H42N2/c1-42-28-12-9-19-41(42)45(40-18-8-5-15-37(40)42)34-26-22-32(23-27-34)43(29-10-2-11-30-43)31-20-24-33(25-21-31)44-38-16-6-3-13-35(38)36-14-4-7-17-39(36)44/h3,5-9,12-13,15-22,24-26,28,41H,2,4,10-11,14,23,27,29-30H2,1H3. The maximum Gasteiger partial charge on any atom is 0.0651 e. The van der Waals surface area contributed by atoms with Crippen LogP contribution in [0.15, 0.2) is 127 Å². The predicted molar refractivity (Wildman–Crippen MR) is 189 cm³/mol. The van der Waals surface area contributed by atoms with Crippen molar-refractivity contribution in [3.63, 3.8) is 0 Å². The Bertz CT molecular complexity index is 1950. The summed E-state index contributed by atoms with van der Waals surface area (Å²) in [5, 5.41) is 1.40. The zero-order valence-electron chi connectivity index (χ0n) is 26.4. The van der Waals surface area contributed by atoms with E-state index >= 15 is 0 Å². The minimum Gasteiger partial charge on any atom is -0.337 e. The molecule has 2 nitrogen and oxygen atoms in total. The summed E-state index contributed by atoms with van der Waals surface area (Å²) in [5.74, 6) is 0. The maximum atomic E-state index is 2.64. The molecule has 0 bridgehead atoms.